The fourth-order valence-corrected chi connectivity index (χ4v) is 5.52. The van der Waals surface area contributed by atoms with Crippen LogP contribution in [0.1, 0.15) is 69.2 Å². The molecule has 2 aromatic rings. The number of amides is 2. The summed E-state index contributed by atoms with van der Waals surface area (Å²) in [5, 5.41) is 6.42. The number of hydrogen-bond acceptors (Lipinski definition) is 8. The van der Waals surface area contributed by atoms with E-state index in [-0.39, 0.29) is 23.9 Å². The highest BCUT2D eigenvalue weighted by atomic mass is 16.5. The molecular formula is C29H43N7O3. The van der Waals surface area contributed by atoms with Crippen molar-refractivity contribution in [2.45, 2.75) is 76.9 Å². The first-order valence-corrected chi connectivity index (χ1v) is 14.0. The van der Waals surface area contributed by atoms with Gasteiger partial charge in [-0.1, -0.05) is 19.8 Å². The molecule has 1 fully saturated rings. The van der Waals surface area contributed by atoms with Crippen molar-refractivity contribution in [2.75, 3.05) is 49.9 Å². The summed E-state index contributed by atoms with van der Waals surface area (Å²) in [4.78, 5) is 41.4. The summed E-state index contributed by atoms with van der Waals surface area (Å²) in [6.45, 7) is 5.09. The van der Waals surface area contributed by atoms with Crippen molar-refractivity contribution in [1.82, 2.24) is 20.2 Å². The topological polar surface area (TPSA) is 103 Å². The number of carbonyl (C=O) groups excluding carboxylic acids is 2. The van der Waals surface area contributed by atoms with Crippen LogP contribution < -0.4 is 25.2 Å². The van der Waals surface area contributed by atoms with Gasteiger partial charge in [0.15, 0.2) is 5.82 Å². The first-order valence-electron chi connectivity index (χ1n) is 14.0. The lowest BCUT2D eigenvalue weighted by Crippen LogP contribution is -2.41. The highest BCUT2D eigenvalue weighted by Gasteiger charge is 2.35. The van der Waals surface area contributed by atoms with Gasteiger partial charge in [0.2, 0.25) is 11.9 Å². The second-order valence-corrected chi connectivity index (χ2v) is 11.0. The molecule has 10 nitrogen and oxygen atoms in total. The Morgan fingerprint density at radius 3 is 2.67 bits per heavy atom. The lowest BCUT2D eigenvalue weighted by molar-refractivity contribution is -0.118. The SMILES string of the molecule is CCC(CCN(C)C)NC(=O)c1ccc(Nc2ncc3c(n2)N(C2CCCC2)[C@H](C)CC(=O)N3C)c(OC)c1. The molecule has 0 bridgehead atoms. The van der Waals surface area contributed by atoms with Crippen molar-refractivity contribution < 1.29 is 14.3 Å². The van der Waals surface area contributed by atoms with Crippen LogP contribution in [0.4, 0.5) is 23.1 Å². The molecule has 1 saturated carbocycles. The number of nitrogens with zero attached hydrogens (tertiary/aromatic N) is 5. The number of ether oxygens (including phenoxy) is 1. The third-order valence-electron chi connectivity index (χ3n) is 7.86. The van der Waals surface area contributed by atoms with Gasteiger partial charge in [-0.25, -0.2) is 4.98 Å². The monoisotopic (exact) mass is 537 g/mol. The minimum absolute atomic E-state index is 0.0454. The molecule has 1 aliphatic heterocycles. The predicted octanol–water partition coefficient (Wildman–Crippen LogP) is 4.19. The number of aromatic nitrogens is 2. The first kappa shape index (κ1) is 28.6. The molecule has 0 spiro atoms. The maximum Gasteiger partial charge on any atom is 0.251 e. The summed E-state index contributed by atoms with van der Waals surface area (Å²) in [6.07, 6.45) is 8.48. The predicted molar refractivity (Wildman–Crippen MR) is 155 cm³/mol. The lowest BCUT2D eigenvalue weighted by atomic mass is 10.1. The molecule has 10 heteroatoms. The van der Waals surface area contributed by atoms with E-state index in [1.807, 2.05) is 20.2 Å². The van der Waals surface area contributed by atoms with Crippen molar-refractivity contribution in [3.63, 3.8) is 0 Å². The van der Waals surface area contributed by atoms with Crippen molar-refractivity contribution in [2.24, 2.45) is 0 Å². The summed E-state index contributed by atoms with van der Waals surface area (Å²) in [5.74, 6) is 1.66. The van der Waals surface area contributed by atoms with Crippen LogP contribution in [0.3, 0.4) is 0 Å². The number of nitrogens with one attached hydrogen (secondary N) is 2. The minimum Gasteiger partial charge on any atom is -0.495 e. The third-order valence-corrected chi connectivity index (χ3v) is 7.86. The highest BCUT2D eigenvalue weighted by Crippen LogP contribution is 2.39. The number of carbonyl (C=O) groups is 2. The molecule has 1 unspecified atom stereocenters. The zero-order chi connectivity index (χ0) is 28.1. The molecule has 0 radical (unpaired) electrons. The van der Waals surface area contributed by atoms with E-state index in [2.05, 4.69) is 39.3 Å². The Bertz CT molecular complexity index is 1170. The van der Waals surface area contributed by atoms with Gasteiger partial charge in [-0.05, 0) is 71.4 Å². The van der Waals surface area contributed by atoms with Crippen molar-refractivity contribution in [3.8, 4) is 5.75 Å². The molecule has 0 saturated heterocycles. The van der Waals surface area contributed by atoms with E-state index in [9.17, 15) is 9.59 Å². The van der Waals surface area contributed by atoms with Gasteiger partial charge >= 0.3 is 0 Å². The number of fused-ring (bicyclic) bond motifs is 1. The zero-order valence-corrected chi connectivity index (χ0v) is 24.2. The van der Waals surface area contributed by atoms with Crippen LogP contribution in [-0.2, 0) is 4.79 Å². The molecule has 2 amide bonds. The second kappa shape index (κ2) is 12.6. The third kappa shape index (κ3) is 6.61. The van der Waals surface area contributed by atoms with Crippen LogP contribution >= 0.6 is 0 Å². The number of anilines is 4. The molecule has 2 heterocycles. The van der Waals surface area contributed by atoms with Crippen LogP contribution in [-0.4, -0.2) is 79.6 Å². The van der Waals surface area contributed by atoms with Crippen molar-refractivity contribution in [3.05, 3.63) is 30.0 Å². The number of methoxy groups -OCH3 is 1. The van der Waals surface area contributed by atoms with Gasteiger partial charge in [-0.2, -0.15) is 4.98 Å². The summed E-state index contributed by atoms with van der Waals surface area (Å²) >= 11 is 0. The van der Waals surface area contributed by atoms with Gasteiger partial charge in [0.1, 0.15) is 11.4 Å². The maximum absolute atomic E-state index is 13.0. The van der Waals surface area contributed by atoms with E-state index in [4.69, 9.17) is 9.72 Å². The maximum atomic E-state index is 13.0. The average Bonchev–Trinajstić information content (AvgIpc) is 3.42. The fraction of sp³-hybridized carbons (Fsp3) is 0.586. The molecule has 2 atom stereocenters. The standard InChI is InChI=1S/C29H43N7O3/c1-7-21(14-15-34(3)4)31-28(38)20-12-13-23(25(17-20)39-6)32-29-30-18-24-27(33-29)36(22-10-8-9-11-22)19(2)16-26(37)35(24)5/h12-13,17-19,21-22H,7-11,14-16H2,1-6H3,(H,31,38)(H,30,32,33)/t19-,21?/m1/s1. The number of hydrogen-bond donors (Lipinski definition) is 2. The fourth-order valence-electron chi connectivity index (χ4n) is 5.52. The molecule has 2 aliphatic rings. The van der Waals surface area contributed by atoms with E-state index in [1.165, 1.54) is 12.8 Å². The molecule has 39 heavy (non-hydrogen) atoms. The number of benzene rings is 1. The summed E-state index contributed by atoms with van der Waals surface area (Å²) in [7, 11) is 7.43. The van der Waals surface area contributed by atoms with Crippen molar-refractivity contribution in [1.29, 1.82) is 0 Å². The summed E-state index contributed by atoms with van der Waals surface area (Å²) in [5.41, 5.74) is 1.91. The molecule has 2 N–H and O–H groups in total. The van der Waals surface area contributed by atoms with E-state index >= 15 is 0 Å². The second-order valence-electron chi connectivity index (χ2n) is 11.0. The van der Waals surface area contributed by atoms with Crippen molar-refractivity contribution >= 4 is 35.0 Å². The molecular weight excluding hydrogens is 494 g/mol. The molecule has 4 rings (SSSR count). The van der Waals surface area contributed by atoms with Gasteiger partial charge in [-0.3, -0.25) is 9.59 Å². The van der Waals surface area contributed by atoms with Crippen LogP contribution in [0.5, 0.6) is 5.75 Å². The smallest absolute Gasteiger partial charge is 0.251 e. The quantitative estimate of drug-likeness (QED) is 0.465. The molecule has 1 aliphatic carbocycles. The van der Waals surface area contributed by atoms with E-state index < -0.39 is 0 Å². The van der Waals surface area contributed by atoms with Gasteiger partial charge in [0.25, 0.3) is 5.91 Å². The van der Waals surface area contributed by atoms with Gasteiger partial charge in [-0.15, -0.1) is 0 Å². The van der Waals surface area contributed by atoms with Gasteiger partial charge in [0.05, 0.1) is 19.0 Å². The lowest BCUT2D eigenvalue weighted by Gasteiger charge is -2.34. The zero-order valence-electron chi connectivity index (χ0n) is 24.2. The van der Waals surface area contributed by atoms with Crippen LogP contribution in [0.15, 0.2) is 24.4 Å². The minimum atomic E-state index is -0.124. The van der Waals surface area contributed by atoms with E-state index in [0.29, 0.717) is 35.4 Å². The normalized spacial score (nSPS) is 18.6. The Hall–Kier alpha value is -3.40. The Labute approximate surface area is 232 Å². The van der Waals surface area contributed by atoms with E-state index in [1.54, 1.807) is 37.4 Å². The Morgan fingerprint density at radius 2 is 2.00 bits per heavy atom. The van der Waals surface area contributed by atoms with E-state index in [0.717, 1.165) is 43.7 Å². The largest absolute Gasteiger partial charge is 0.495 e. The van der Waals surface area contributed by atoms with Gasteiger partial charge in [0, 0.05) is 37.2 Å². The highest BCUT2D eigenvalue weighted by molar-refractivity contribution is 5.98. The van der Waals surface area contributed by atoms with Crippen LogP contribution in [0.25, 0.3) is 0 Å². The Morgan fingerprint density at radius 1 is 1.26 bits per heavy atom. The Kier molecular flexibility index (Phi) is 9.27. The summed E-state index contributed by atoms with van der Waals surface area (Å²) < 4.78 is 5.63. The first-order chi connectivity index (χ1) is 18.7. The number of rotatable bonds is 10. The van der Waals surface area contributed by atoms with Crippen LogP contribution in [0, 0.1) is 0 Å². The molecule has 1 aromatic carbocycles. The Balaban J connectivity index is 1.57. The van der Waals surface area contributed by atoms with Gasteiger partial charge < -0.3 is 30.1 Å². The molecule has 212 valence electrons. The average molecular weight is 538 g/mol. The summed E-state index contributed by atoms with van der Waals surface area (Å²) in [6, 6.07) is 5.84. The van der Waals surface area contributed by atoms with Crippen LogP contribution in [0.2, 0.25) is 0 Å². The molecule has 1 aromatic heterocycles.